The van der Waals surface area contributed by atoms with Gasteiger partial charge in [0.15, 0.2) is 0 Å². The van der Waals surface area contributed by atoms with Gasteiger partial charge in [-0.3, -0.25) is 4.79 Å². The summed E-state index contributed by atoms with van der Waals surface area (Å²) in [7, 11) is 0. The van der Waals surface area contributed by atoms with Crippen LogP contribution in [-0.2, 0) is 11.2 Å². The summed E-state index contributed by atoms with van der Waals surface area (Å²) in [5.74, 6) is 0.354. The van der Waals surface area contributed by atoms with Gasteiger partial charge in [0.2, 0.25) is 5.91 Å². The second-order valence-corrected chi connectivity index (χ2v) is 4.84. The number of nitrogens with one attached hydrogen (secondary N) is 1. The van der Waals surface area contributed by atoms with E-state index in [-0.39, 0.29) is 24.1 Å². The maximum atomic E-state index is 12.0. The van der Waals surface area contributed by atoms with E-state index in [1.165, 1.54) is 0 Å². The molecule has 0 aliphatic carbocycles. The second kappa shape index (κ2) is 6.96. The average molecular weight is 290 g/mol. The van der Waals surface area contributed by atoms with Crippen LogP contribution in [-0.4, -0.2) is 16.9 Å². The molecule has 2 aromatic carbocycles. The minimum absolute atomic E-state index is 0.120. The maximum absolute atomic E-state index is 12.0. The fraction of sp³-hybridized carbons (Fsp3) is 0.188. The molecule has 0 saturated carbocycles. The van der Waals surface area contributed by atoms with E-state index in [1.54, 1.807) is 24.3 Å². The molecule has 20 heavy (non-hydrogen) atoms. The molecule has 2 N–H and O–H groups in total. The normalized spacial score (nSPS) is 11.8. The van der Waals surface area contributed by atoms with Gasteiger partial charge in [0, 0.05) is 5.88 Å². The van der Waals surface area contributed by atoms with E-state index >= 15 is 0 Å². The Balaban J connectivity index is 2.00. The van der Waals surface area contributed by atoms with Crippen LogP contribution >= 0.6 is 11.6 Å². The first-order valence-electron chi connectivity index (χ1n) is 6.37. The Bertz CT molecular complexity index is 572. The van der Waals surface area contributed by atoms with Crippen LogP contribution in [0, 0.1) is 0 Å². The fourth-order valence-corrected chi connectivity index (χ4v) is 2.25. The summed E-state index contributed by atoms with van der Waals surface area (Å²) >= 11 is 5.92. The summed E-state index contributed by atoms with van der Waals surface area (Å²) < 4.78 is 0. The number of benzene rings is 2. The lowest BCUT2D eigenvalue weighted by atomic mass is 10.1. The van der Waals surface area contributed by atoms with Crippen molar-refractivity contribution in [3.05, 3.63) is 65.7 Å². The fourth-order valence-electron chi connectivity index (χ4n) is 1.99. The van der Waals surface area contributed by atoms with Crippen molar-refractivity contribution in [2.24, 2.45) is 0 Å². The molecule has 1 atom stereocenters. The lowest BCUT2D eigenvalue weighted by molar-refractivity contribution is -0.121. The number of carbonyl (C=O) groups excluding carboxylic acids is 1. The summed E-state index contributed by atoms with van der Waals surface area (Å²) in [5, 5.41) is 12.3. The van der Waals surface area contributed by atoms with Crippen LogP contribution in [0.2, 0.25) is 0 Å². The van der Waals surface area contributed by atoms with Gasteiger partial charge in [-0.1, -0.05) is 42.5 Å². The standard InChI is InChI=1S/C16H16ClNO2/c17-11-15(13-6-2-1-3-7-13)18-16(20)10-12-5-4-8-14(19)9-12/h1-9,15,19H,10-11H2,(H,18,20). The molecule has 4 heteroatoms. The molecule has 0 spiro atoms. The molecule has 0 aliphatic rings. The molecule has 1 amide bonds. The number of amides is 1. The van der Waals surface area contributed by atoms with Gasteiger partial charge in [-0.2, -0.15) is 0 Å². The molecule has 0 radical (unpaired) electrons. The summed E-state index contributed by atoms with van der Waals surface area (Å²) in [4.78, 5) is 12.0. The van der Waals surface area contributed by atoms with Gasteiger partial charge >= 0.3 is 0 Å². The van der Waals surface area contributed by atoms with Gasteiger partial charge in [-0.05, 0) is 23.3 Å². The van der Waals surface area contributed by atoms with E-state index in [2.05, 4.69) is 5.32 Å². The van der Waals surface area contributed by atoms with Gasteiger partial charge in [-0.25, -0.2) is 0 Å². The number of halogens is 1. The highest BCUT2D eigenvalue weighted by Gasteiger charge is 2.13. The molecular weight excluding hydrogens is 274 g/mol. The molecule has 104 valence electrons. The number of aromatic hydroxyl groups is 1. The Hall–Kier alpha value is -2.00. The second-order valence-electron chi connectivity index (χ2n) is 4.53. The molecule has 2 rings (SSSR count). The number of hydrogen-bond acceptors (Lipinski definition) is 2. The molecular formula is C16H16ClNO2. The zero-order chi connectivity index (χ0) is 14.4. The van der Waals surface area contributed by atoms with Crippen molar-refractivity contribution in [1.82, 2.24) is 5.32 Å². The first-order chi connectivity index (χ1) is 9.69. The van der Waals surface area contributed by atoms with Crippen molar-refractivity contribution in [3.63, 3.8) is 0 Å². The van der Waals surface area contributed by atoms with Crippen LogP contribution in [0.4, 0.5) is 0 Å². The Morgan fingerprint density at radius 2 is 1.90 bits per heavy atom. The molecule has 0 bridgehead atoms. The van der Waals surface area contributed by atoms with Crippen LogP contribution in [0.15, 0.2) is 54.6 Å². The molecule has 0 aromatic heterocycles. The van der Waals surface area contributed by atoms with Crippen molar-refractivity contribution in [2.45, 2.75) is 12.5 Å². The molecule has 3 nitrogen and oxygen atoms in total. The highest BCUT2D eigenvalue weighted by atomic mass is 35.5. The lowest BCUT2D eigenvalue weighted by Crippen LogP contribution is -2.30. The highest BCUT2D eigenvalue weighted by Crippen LogP contribution is 2.15. The summed E-state index contributed by atoms with van der Waals surface area (Å²) in [5.41, 5.74) is 1.75. The monoisotopic (exact) mass is 289 g/mol. The quantitative estimate of drug-likeness (QED) is 0.831. The van der Waals surface area contributed by atoms with Crippen LogP contribution in [0.1, 0.15) is 17.2 Å². The Morgan fingerprint density at radius 1 is 1.15 bits per heavy atom. The number of carbonyl (C=O) groups is 1. The average Bonchev–Trinajstić information content (AvgIpc) is 2.45. The third kappa shape index (κ3) is 4.00. The Morgan fingerprint density at radius 3 is 2.55 bits per heavy atom. The number of alkyl halides is 1. The van der Waals surface area contributed by atoms with Crippen molar-refractivity contribution in [1.29, 1.82) is 0 Å². The predicted octanol–water partition coefficient (Wildman–Crippen LogP) is 3.03. The Labute approximate surface area is 123 Å². The van der Waals surface area contributed by atoms with E-state index in [4.69, 9.17) is 11.6 Å². The minimum Gasteiger partial charge on any atom is -0.508 e. The minimum atomic E-state index is -0.206. The van der Waals surface area contributed by atoms with Gasteiger partial charge in [0.1, 0.15) is 5.75 Å². The smallest absolute Gasteiger partial charge is 0.224 e. The van der Waals surface area contributed by atoms with Crippen molar-refractivity contribution in [2.75, 3.05) is 5.88 Å². The van der Waals surface area contributed by atoms with Crippen LogP contribution in [0.25, 0.3) is 0 Å². The van der Waals surface area contributed by atoms with Gasteiger partial charge < -0.3 is 10.4 Å². The first-order valence-corrected chi connectivity index (χ1v) is 6.90. The summed E-state index contributed by atoms with van der Waals surface area (Å²) in [6, 6.07) is 16.1. The molecule has 0 fully saturated rings. The molecule has 2 aromatic rings. The van der Waals surface area contributed by atoms with Crippen molar-refractivity contribution in [3.8, 4) is 5.75 Å². The molecule has 0 aliphatic heterocycles. The van der Waals surface area contributed by atoms with E-state index in [1.807, 2.05) is 30.3 Å². The van der Waals surface area contributed by atoms with E-state index in [0.717, 1.165) is 11.1 Å². The molecule has 0 saturated heterocycles. The molecule has 0 heterocycles. The van der Waals surface area contributed by atoms with Crippen molar-refractivity contribution < 1.29 is 9.90 Å². The van der Waals surface area contributed by atoms with Gasteiger partial charge in [-0.15, -0.1) is 11.6 Å². The summed E-state index contributed by atoms with van der Waals surface area (Å²) in [6.07, 6.45) is 0.217. The highest BCUT2D eigenvalue weighted by molar-refractivity contribution is 6.18. The Kier molecular flexibility index (Phi) is 5.02. The largest absolute Gasteiger partial charge is 0.508 e. The lowest BCUT2D eigenvalue weighted by Gasteiger charge is -2.16. The third-order valence-electron chi connectivity index (χ3n) is 2.97. The molecule has 1 unspecified atom stereocenters. The van der Waals surface area contributed by atoms with Crippen LogP contribution in [0.3, 0.4) is 0 Å². The third-order valence-corrected chi connectivity index (χ3v) is 3.28. The number of hydrogen-bond donors (Lipinski definition) is 2. The number of rotatable bonds is 5. The van der Waals surface area contributed by atoms with Crippen LogP contribution in [0.5, 0.6) is 5.75 Å². The zero-order valence-corrected chi connectivity index (χ0v) is 11.7. The van der Waals surface area contributed by atoms with Crippen LogP contribution < -0.4 is 5.32 Å². The van der Waals surface area contributed by atoms with Crippen molar-refractivity contribution >= 4 is 17.5 Å². The van der Waals surface area contributed by atoms with E-state index in [0.29, 0.717) is 5.88 Å². The topological polar surface area (TPSA) is 49.3 Å². The maximum Gasteiger partial charge on any atom is 0.224 e. The predicted molar refractivity (Wildman–Crippen MR) is 79.9 cm³/mol. The SMILES string of the molecule is O=C(Cc1cccc(O)c1)NC(CCl)c1ccccc1. The van der Waals surface area contributed by atoms with Gasteiger partial charge in [0.25, 0.3) is 0 Å². The first kappa shape index (κ1) is 14.4. The summed E-state index contributed by atoms with van der Waals surface area (Å²) in [6.45, 7) is 0. The van der Waals surface area contributed by atoms with E-state index in [9.17, 15) is 9.90 Å². The van der Waals surface area contributed by atoms with Gasteiger partial charge in [0.05, 0.1) is 12.5 Å². The number of phenols is 1. The number of phenolic OH excluding ortho intramolecular Hbond substituents is 1. The van der Waals surface area contributed by atoms with E-state index < -0.39 is 0 Å². The zero-order valence-electron chi connectivity index (χ0n) is 10.9.